The number of rotatable bonds is 4. The fraction of sp³-hybridized carbons (Fsp3) is 0.500. The van der Waals surface area contributed by atoms with E-state index in [4.69, 9.17) is 4.74 Å². The fourth-order valence-corrected chi connectivity index (χ4v) is 4.14. The van der Waals surface area contributed by atoms with Crippen LogP contribution in [0.15, 0.2) is 42.7 Å². The molecule has 0 N–H and O–H groups in total. The van der Waals surface area contributed by atoms with Crippen LogP contribution in [0.5, 0.6) is 5.75 Å². The SMILES string of the molecule is COc1ccc(CN2CCC3(CC2)CCN(c2ncccn2)C3)cc1. The highest BCUT2D eigenvalue weighted by molar-refractivity contribution is 5.32. The van der Waals surface area contributed by atoms with Gasteiger partial charge in [-0.05, 0) is 61.5 Å². The van der Waals surface area contributed by atoms with Crippen LogP contribution >= 0.6 is 0 Å². The van der Waals surface area contributed by atoms with Gasteiger partial charge in [-0.15, -0.1) is 0 Å². The van der Waals surface area contributed by atoms with Gasteiger partial charge in [0.25, 0.3) is 0 Å². The molecule has 2 aromatic rings. The van der Waals surface area contributed by atoms with E-state index in [0.717, 1.165) is 31.3 Å². The van der Waals surface area contributed by atoms with Gasteiger partial charge >= 0.3 is 0 Å². The number of piperidine rings is 1. The molecule has 2 fully saturated rings. The molecule has 0 radical (unpaired) electrons. The summed E-state index contributed by atoms with van der Waals surface area (Å²) in [5.41, 5.74) is 1.82. The van der Waals surface area contributed by atoms with E-state index in [1.807, 2.05) is 18.5 Å². The fourth-order valence-electron chi connectivity index (χ4n) is 4.14. The van der Waals surface area contributed by atoms with E-state index in [-0.39, 0.29) is 0 Å². The van der Waals surface area contributed by atoms with Gasteiger partial charge in [-0.1, -0.05) is 12.1 Å². The van der Waals surface area contributed by atoms with Gasteiger partial charge in [-0.25, -0.2) is 9.97 Å². The van der Waals surface area contributed by atoms with Crippen molar-refractivity contribution in [1.82, 2.24) is 14.9 Å². The normalized spacial score (nSPS) is 20.1. The minimum atomic E-state index is 0.454. The van der Waals surface area contributed by atoms with Crippen LogP contribution in [0.4, 0.5) is 5.95 Å². The summed E-state index contributed by atoms with van der Waals surface area (Å²) in [6.07, 6.45) is 7.48. The molecule has 3 heterocycles. The first-order chi connectivity index (χ1) is 12.3. The van der Waals surface area contributed by atoms with Crippen LogP contribution in [0.2, 0.25) is 0 Å². The van der Waals surface area contributed by atoms with Crippen LogP contribution in [0, 0.1) is 5.41 Å². The Bertz CT molecular complexity index is 681. The second-order valence-corrected chi connectivity index (χ2v) is 7.34. The van der Waals surface area contributed by atoms with Crippen molar-refractivity contribution in [1.29, 1.82) is 0 Å². The monoisotopic (exact) mass is 338 g/mol. The molecule has 132 valence electrons. The smallest absolute Gasteiger partial charge is 0.225 e. The zero-order chi connectivity index (χ0) is 17.1. The van der Waals surface area contributed by atoms with Crippen molar-refractivity contribution in [2.45, 2.75) is 25.8 Å². The highest BCUT2D eigenvalue weighted by Crippen LogP contribution is 2.41. The summed E-state index contributed by atoms with van der Waals surface area (Å²) in [7, 11) is 1.71. The number of likely N-dealkylation sites (tertiary alicyclic amines) is 1. The predicted molar refractivity (Wildman–Crippen MR) is 98.8 cm³/mol. The van der Waals surface area contributed by atoms with E-state index in [2.05, 4.69) is 44.0 Å². The van der Waals surface area contributed by atoms with Gasteiger partial charge in [0.15, 0.2) is 0 Å². The van der Waals surface area contributed by atoms with Crippen LogP contribution in [0.3, 0.4) is 0 Å². The van der Waals surface area contributed by atoms with Crippen molar-refractivity contribution in [3.8, 4) is 5.75 Å². The Kier molecular flexibility index (Phi) is 4.57. The van der Waals surface area contributed by atoms with Crippen LogP contribution in [0.25, 0.3) is 0 Å². The molecule has 0 bridgehead atoms. The number of benzene rings is 1. The van der Waals surface area contributed by atoms with Gasteiger partial charge in [0, 0.05) is 32.0 Å². The quantitative estimate of drug-likeness (QED) is 0.857. The van der Waals surface area contributed by atoms with Gasteiger partial charge in [0.2, 0.25) is 5.95 Å². The Morgan fingerprint density at radius 3 is 2.36 bits per heavy atom. The summed E-state index contributed by atoms with van der Waals surface area (Å²) >= 11 is 0. The Labute approximate surface area is 149 Å². The molecule has 2 aliphatic heterocycles. The second-order valence-electron chi connectivity index (χ2n) is 7.34. The summed E-state index contributed by atoms with van der Waals surface area (Å²) in [6.45, 7) is 5.58. The number of hydrogen-bond acceptors (Lipinski definition) is 5. The van der Waals surface area contributed by atoms with Gasteiger partial charge in [0.1, 0.15) is 5.75 Å². The Balaban J connectivity index is 1.32. The van der Waals surface area contributed by atoms with Gasteiger partial charge in [0.05, 0.1) is 7.11 Å². The molecular weight excluding hydrogens is 312 g/mol. The lowest BCUT2D eigenvalue weighted by Crippen LogP contribution is -2.41. The summed E-state index contributed by atoms with van der Waals surface area (Å²) in [5, 5.41) is 0. The van der Waals surface area contributed by atoms with E-state index >= 15 is 0 Å². The maximum absolute atomic E-state index is 5.24. The number of hydrogen-bond donors (Lipinski definition) is 0. The first kappa shape index (κ1) is 16.3. The summed E-state index contributed by atoms with van der Waals surface area (Å²) < 4.78 is 5.24. The topological polar surface area (TPSA) is 41.5 Å². The molecule has 25 heavy (non-hydrogen) atoms. The molecule has 0 atom stereocenters. The van der Waals surface area contributed by atoms with Crippen molar-refractivity contribution in [3.63, 3.8) is 0 Å². The molecule has 1 aromatic heterocycles. The molecule has 0 unspecified atom stereocenters. The molecule has 2 saturated heterocycles. The van der Waals surface area contributed by atoms with Crippen molar-refractivity contribution in [2.75, 3.05) is 38.2 Å². The standard InChI is InChI=1S/C20H26N4O/c1-25-18-5-3-17(4-6-18)15-23-12-7-20(8-13-23)9-14-24(16-20)19-21-10-2-11-22-19/h2-6,10-11H,7-9,12-16H2,1H3. The third kappa shape index (κ3) is 3.61. The van der Waals surface area contributed by atoms with Crippen LogP contribution < -0.4 is 9.64 Å². The molecule has 1 aromatic carbocycles. The largest absolute Gasteiger partial charge is 0.497 e. The zero-order valence-electron chi connectivity index (χ0n) is 14.9. The molecule has 4 rings (SSSR count). The number of aromatic nitrogens is 2. The maximum atomic E-state index is 5.24. The number of methoxy groups -OCH3 is 1. The Hall–Kier alpha value is -2.14. The first-order valence-electron chi connectivity index (χ1n) is 9.14. The Morgan fingerprint density at radius 2 is 1.68 bits per heavy atom. The van der Waals surface area contributed by atoms with Gasteiger partial charge < -0.3 is 9.64 Å². The van der Waals surface area contributed by atoms with Crippen LogP contribution in [-0.2, 0) is 6.54 Å². The minimum absolute atomic E-state index is 0.454. The second kappa shape index (κ2) is 7.00. The highest BCUT2D eigenvalue weighted by Gasteiger charge is 2.41. The third-order valence-electron chi connectivity index (χ3n) is 5.76. The van der Waals surface area contributed by atoms with E-state index < -0.39 is 0 Å². The lowest BCUT2D eigenvalue weighted by Gasteiger charge is -2.39. The summed E-state index contributed by atoms with van der Waals surface area (Å²) in [4.78, 5) is 13.8. The Morgan fingerprint density at radius 1 is 1.00 bits per heavy atom. The van der Waals surface area contributed by atoms with E-state index in [9.17, 15) is 0 Å². The molecule has 0 saturated carbocycles. The van der Waals surface area contributed by atoms with Gasteiger partial charge in [-0.3, -0.25) is 4.90 Å². The number of ether oxygens (including phenoxy) is 1. The molecule has 2 aliphatic rings. The molecule has 0 aliphatic carbocycles. The van der Waals surface area contributed by atoms with Gasteiger partial charge in [-0.2, -0.15) is 0 Å². The van der Waals surface area contributed by atoms with Crippen molar-refractivity contribution >= 4 is 5.95 Å². The summed E-state index contributed by atoms with van der Waals surface area (Å²) in [5.74, 6) is 1.82. The van der Waals surface area contributed by atoms with Crippen LogP contribution in [-0.4, -0.2) is 48.2 Å². The third-order valence-corrected chi connectivity index (χ3v) is 5.76. The molecule has 5 heteroatoms. The highest BCUT2D eigenvalue weighted by atomic mass is 16.5. The predicted octanol–water partition coefficient (Wildman–Crippen LogP) is 2.98. The van der Waals surface area contributed by atoms with E-state index in [0.29, 0.717) is 5.41 Å². The first-order valence-corrected chi connectivity index (χ1v) is 9.14. The number of nitrogens with zero attached hydrogens (tertiary/aromatic N) is 4. The lowest BCUT2D eigenvalue weighted by atomic mass is 9.77. The summed E-state index contributed by atoms with van der Waals surface area (Å²) in [6, 6.07) is 10.3. The van der Waals surface area contributed by atoms with E-state index in [1.165, 1.54) is 37.9 Å². The van der Waals surface area contributed by atoms with Crippen molar-refractivity contribution in [2.24, 2.45) is 5.41 Å². The number of anilines is 1. The molecule has 1 spiro atoms. The molecular formula is C20H26N4O. The molecule has 0 amide bonds. The minimum Gasteiger partial charge on any atom is -0.497 e. The van der Waals surface area contributed by atoms with Crippen LogP contribution in [0.1, 0.15) is 24.8 Å². The average Bonchev–Trinajstić information content (AvgIpc) is 3.09. The average molecular weight is 338 g/mol. The zero-order valence-corrected chi connectivity index (χ0v) is 14.9. The van der Waals surface area contributed by atoms with E-state index in [1.54, 1.807) is 7.11 Å². The molecule has 5 nitrogen and oxygen atoms in total. The van der Waals surface area contributed by atoms with Crippen molar-refractivity contribution in [3.05, 3.63) is 48.3 Å². The van der Waals surface area contributed by atoms with Crippen molar-refractivity contribution < 1.29 is 4.74 Å². The maximum Gasteiger partial charge on any atom is 0.225 e. The lowest BCUT2D eigenvalue weighted by molar-refractivity contribution is 0.115.